The SMILES string of the molecule is CC(NC(=O)OC(C)(C)C)[C@@H]1C[C@H]1C(=O)O. The Bertz CT molecular complexity index is 295. The van der Waals surface area contributed by atoms with Crippen molar-refractivity contribution in [1.29, 1.82) is 0 Å². The van der Waals surface area contributed by atoms with Crippen LogP contribution >= 0.6 is 0 Å². The van der Waals surface area contributed by atoms with Gasteiger partial charge in [-0.2, -0.15) is 0 Å². The van der Waals surface area contributed by atoms with E-state index < -0.39 is 17.7 Å². The molecule has 0 spiro atoms. The van der Waals surface area contributed by atoms with Crippen LogP contribution < -0.4 is 5.32 Å². The fraction of sp³-hybridized carbons (Fsp3) is 0.818. The van der Waals surface area contributed by atoms with Gasteiger partial charge >= 0.3 is 12.1 Å². The molecule has 5 heteroatoms. The number of carbonyl (C=O) groups excluding carboxylic acids is 1. The lowest BCUT2D eigenvalue weighted by Crippen LogP contribution is -2.39. The van der Waals surface area contributed by atoms with Gasteiger partial charge in [-0.15, -0.1) is 0 Å². The Kier molecular flexibility index (Phi) is 3.45. The Balaban J connectivity index is 2.33. The average molecular weight is 229 g/mol. The molecule has 1 amide bonds. The molecule has 0 radical (unpaired) electrons. The summed E-state index contributed by atoms with van der Waals surface area (Å²) in [5, 5.41) is 11.4. The number of carboxylic acids is 1. The van der Waals surface area contributed by atoms with Gasteiger partial charge < -0.3 is 15.2 Å². The second-order valence-electron chi connectivity index (χ2n) is 5.28. The van der Waals surface area contributed by atoms with Gasteiger partial charge in [0.2, 0.25) is 0 Å². The van der Waals surface area contributed by atoms with Crippen LogP contribution in [0, 0.1) is 11.8 Å². The minimum Gasteiger partial charge on any atom is -0.481 e. The molecule has 92 valence electrons. The highest BCUT2D eigenvalue weighted by Crippen LogP contribution is 2.41. The van der Waals surface area contributed by atoms with Crippen LogP contribution in [0.4, 0.5) is 4.79 Å². The Morgan fingerprint density at radius 1 is 1.44 bits per heavy atom. The van der Waals surface area contributed by atoms with Crippen LogP contribution in [0.2, 0.25) is 0 Å². The van der Waals surface area contributed by atoms with E-state index in [0.29, 0.717) is 6.42 Å². The minimum absolute atomic E-state index is 0.0324. The molecule has 0 aromatic carbocycles. The molecular weight excluding hydrogens is 210 g/mol. The standard InChI is InChI=1S/C11H19NO4/c1-6(7-5-8(7)9(13)14)12-10(15)16-11(2,3)4/h6-8H,5H2,1-4H3,(H,12,15)(H,13,14)/t6?,7-,8+/m0/s1. The van der Waals surface area contributed by atoms with Crippen molar-refractivity contribution in [3.63, 3.8) is 0 Å². The van der Waals surface area contributed by atoms with E-state index >= 15 is 0 Å². The molecule has 1 aliphatic rings. The third-order valence-corrected chi connectivity index (χ3v) is 2.54. The monoisotopic (exact) mass is 229 g/mol. The van der Waals surface area contributed by atoms with Crippen molar-refractivity contribution in [3.05, 3.63) is 0 Å². The maximum Gasteiger partial charge on any atom is 0.407 e. The third-order valence-electron chi connectivity index (χ3n) is 2.54. The van der Waals surface area contributed by atoms with Crippen LogP contribution in [-0.4, -0.2) is 28.8 Å². The molecule has 1 aliphatic carbocycles. The summed E-state index contributed by atoms with van der Waals surface area (Å²) in [4.78, 5) is 22.0. The van der Waals surface area contributed by atoms with E-state index in [0.717, 1.165) is 0 Å². The van der Waals surface area contributed by atoms with Gasteiger partial charge in [0.1, 0.15) is 5.60 Å². The smallest absolute Gasteiger partial charge is 0.407 e. The highest BCUT2D eigenvalue weighted by Gasteiger charge is 2.47. The predicted molar refractivity (Wildman–Crippen MR) is 58.1 cm³/mol. The first-order valence-corrected chi connectivity index (χ1v) is 5.43. The van der Waals surface area contributed by atoms with Crippen molar-refractivity contribution >= 4 is 12.1 Å². The molecule has 1 saturated carbocycles. The van der Waals surface area contributed by atoms with E-state index in [1.165, 1.54) is 0 Å². The van der Waals surface area contributed by atoms with Crippen molar-refractivity contribution in [2.45, 2.75) is 45.8 Å². The zero-order valence-electron chi connectivity index (χ0n) is 10.1. The van der Waals surface area contributed by atoms with Gasteiger partial charge in [0.15, 0.2) is 0 Å². The van der Waals surface area contributed by atoms with Crippen molar-refractivity contribution < 1.29 is 19.4 Å². The summed E-state index contributed by atoms with van der Waals surface area (Å²) < 4.78 is 5.08. The van der Waals surface area contributed by atoms with Crippen LogP contribution in [-0.2, 0) is 9.53 Å². The van der Waals surface area contributed by atoms with Gasteiger partial charge in [-0.3, -0.25) is 4.79 Å². The van der Waals surface area contributed by atoms with Crippen LogP contribution in [0.3, 0.4) is 0 Å². The summed E-state index contributed by atoms with van der Waals surface area (Å²) in [6, 6.07) is -0.157. The first-order valence-electron chi connectivity index (χ1n) is 5.43. The van der Waals surface area contributed by atoms with E-state index in [9.17, 15) is 9.59 Å². The Morgan fingerprint density at radius 3 is 2.38 bits per heavy atom. The summed E-state index contributed by atoms with van der Waals surface area (Å²) >= 11 is 0. The first kappa shape index (κ1) is 12.8. The number of nitrogens with one attached hydrogen (secondary N) is 1. The number of amides is 1. The number of alkyl carbamates (subject to hydrolysis) is 1. The number of hydrogen-bond donors (Lipinski definition) is 2. The van der Waals surface area contributed by atoms with Gasteiger partial charge in [0, 0.05) is 6.04 Å². The molecule has 5 nitrogen and oxygen atoms in total. The Labute approximate surface area is 95.2 Å². The van der Waals surface area contributed by atoms with Crippen molar-refractivity contribution in [3.8, 4) is 0 Å². The van der Waals surface area contributed by atoms with E-state index in [-0.39, 0.29) is 17.9 Å². The molecule has 16 heavy (non-hydrogen) atoms. The topological polar surface area (TPSA) is 75.6 Å². The molecule has 0 heterocycles. The minimum atomic E-state index is -0.789. The first-order chi connectivity index (χ1) is 7.20. The molecule has 1 unspecified atom stereocenters. The fourth-order valence-corrected chi connectivity index (χ4v) is 1.65. The highest BCUT2D eigenvalue weighted by atomic mass is 16.6. The van der Waals surface area contributed by atoms with E-state index in [1.54, 1.807) is 27.7 Å². The summed E-state index contributed by atoms with van der Waals surface area (Å²) in [6.07, 6.45) is 0.141. The summed E-state index contributed by atoms with van der Waals surface area (Å²) in [5.41, 5.74) is -0.528. The summed E-state index contributed by atoms with van der Waals surface area (Å²) in [7, 11) is 0. The lowest BCUT2D eigenvalue weighted by molar-refractivity contribution is -0.138. The molecule has 0 saturated heterocycles. The predicted octanol–water partition coefficient (Wildman–Crippen LogP) is 1.62. The Hall–Kier alpha value is -1.26. The number of aliphatic carboxylic acids is 1. The highest BCUT2D eigenvalue weighted by molar-refractivity contribution is 5.74. The molecule has 0 bridgehead atoms. The number of carboxylic acid groups (broad SMARTS) is 1. The van der Waals surface area contributed by atoms with E-state index in [4.69, 9.17) is 9.84 Å². The zero-order chi connectivity index (χ0) is 12.5. The second-order valence-corrected chi connectivity index (χ2v) is 5.28. The number of ether oxygens (including phenoxy) is 1. The molecule has 0 aromatic rings. The Morgan fingerprint density at radius 2 is 2.00 bits per heavy atom. The number of hydrogen-bond acceptors (Lipinski definition) is 3. The van der Waals surface area contributed by atoms with Crippen LogP contribution in [0.5, 0.6) is 0 Å². The average Bonchev–Trinajstić information content (AvgIpc) is 2.76. The maximum atomic E-state index is 11.4. The molecule has 3 atom stereocenters. The molecule has 0 aliphatic heterocycles. The van der Waals surface area contributed by atoms with Crippen LogP contribution in [0.15, 0.2) is 0 Å². The molecular formula is C11H19NO4. The fourth-order valence-electron chi connectivity index (χ4n) is 1.65. The number of rotatable bonds is 3. The quantitative estimate of drug-likeness (QED) is 0.771. The third kappa shape index (κ3) is 3.72. The number of carbonyl (C=O) groups is 2. The van der Waals surface area contributed by atoms with Gasteiger partial charge in [-0.05, 0) is 40.0 Å². The van der Waals surface area contributed by atoms with Gasteiger partial charge in [0.25, 0.3) is 0 Å². The molecule has 1 fully saturated rings. The van der Waals surface area contributed by atoms with Crippen molar-refractivity contribution in [1.82, 2.24) is 5.32 Å². The van der Waals surface area contributed by atoms with Crippen molar-refractivity contribution in [2.75, 3.05) is 0 Å². The molecule has 2 N–H and O–H groups in total. The summed E-state index contributed by atoms with van der Waals surface area (Å²) in [5.74, 6) is -1.07. The van der Waals surface area contributed by atoms with E-state index in [1.807, 2.05) is 0 Å². The lowest BCUT2D eigenvalue weighted by Gasteiger charge is -2.21. The van der Waals surface area contributed by atoms with E-state index in [2.05, 4.69) is 5.32 Å². The van der Waals surface area contributed by atoms with Gasteiger partial charge in [0.05, 0.1) is 5.92 Å². The normalized spacial score (nSPS) is 25.8. The maximum absolute atomic E-state index is 11.4. The zero-order valence-corrected chi connectivity index (χ0v) is 10.1. The summed E-state index contributed by atoms with van der Waals surface area (Å²) in [6.45, 7) is 7.16. The lowest BCUT2D eigenvalue weighted by atomic mass is 10.2. The largest absolute Gasteiger partial charge is 0.481 e. The van der Waals surface area contributed by atoms with Crippen LogP contribution in [0.25, 0.3) is 0 Å². The van der Waals surface area contributed by atoms with Gasteiger partial charge in [-0.25, -0.2) is 4.79 Å². The van der Waals surface area contributed by atoms with Crippen molar-refractivity contribution in [2.24, 2.45) is 11.8 Å². The van der Waals surface area contributed by atoms with Gasteiger partial charge in [-0.1, -0.05) is 0 Å². The molecule has 1 rings (SSSR count). The second kappa shape index (κ2) is 4.31. The molecule has 0 aromatic heterocycles. The van der Waals surface area contributed by atoms with Crippen LogP contribution in [0.1, 0.15) is 34.1 Å².